The molecule has 0 saturated heterocycles. The van der Waals surface area contributed by atoms with Gasteiger partial charge in [-0.05, 0) is 112 Å². The molecule has 2 aliphatic heterocycles. The van der Waals surface area contributed by atoms with Crippen LogP contribution >= 0.6 is 23.2 Å². The number of rotatable bonds is 12. The summed E-state index contributed by atoms with van der Waals surface area (Å²) in [5.74, 6) is 2.16. The number of carbonyl (C=O) groups is 2. The fourth-order valence-electron chi connectivity index (χ4n) is 7.87. The van der Waals surface area contributed by atoms with E-state index in [0.29, 0.717) is 66.3 Å². The molecule has 61 heavy (non-hydrogen) atoms. The van der Waals surface area contributed by atoms with Crippen molar-refractivity contribution in [2.45, 2.75) is 57.5 Å². The van der Waals surface area contributed by atoms with Crippen molar-refractivity contribution in [2.24, 2.45) is 0 Å². The van der Waals surface area contributed by atoms with E-state index >= 15 is 0 Å². The smallest absolute Gasteiger partial charge is 0.290 e. The molecule has 0 aliphatic carbocycles. The molecule has 11 heteroatoms. The number of benzene rings is 6. The normalized spacial score (nSPS) is 15.8. The van der Waals surface area contributed by atoms with Gasteiger partial charge in [-0.2, -0.15) is 5.26 Å². The Hall–Kier alpha value is -6.31. The fourth-order valence-corrected chi connectivity index (χ4v) is 8.19. The molecule has 3 atom stereocenters. The number of ether oxygens (including phenoxy) is 3. The average Bonchev–Trinajstić information content (AvgIpc) is 3.29. The number of halogens is 2. The van der Waals surface area contributed by atoms with Gasteiger partial charge in [-0.25, -0.2) is 0 Å². The van der Waals surface area contributed by atoms with Crippen LogP contribution < -0.4 is 19.5 Å². The lowest BCUT2D eigenvalue weighted by Gasteiger charge is -2.41. The Kier molecular flexibility index (Phi) is 14.2. The molecule has 0 saturated carbocycles. The lowest BCUT2D eigenvalue weighted by atomic mass is 9.89. The van der Waals surface area contributed by atoms with Gasteiger partial charge >= 0.3 is 0 Å². The van der Waals surface area contributed by atoms with Crippen molar-refractivity contribution in [1.82, 2.24) is 10.2 Å². The Labute approximate surface area is 366 Å². The molecule has 0 bridgehead atoms. The van der Waals surface area contributed by atoms with Gasteiger partial charge in [0.1, 0.15) is 19.0 Å². The molecule has 9 nitrogen and oxygen atoms in total. The molecule has 0 fully saturated rings. The van der Waals surface area contributed by atoms with E-state index in [2.05, 4.69) is 83.9 Å². The fraction of sp³-hybridized carbons (Fsp3) is 0.220. The molecule has 0 spiro atoms. The van der Waals surface area contributed by atoms with Crippen LogP contribution in [0.5, 0.6) is 17.2 Å². The summed E-state index contributed by atoms with van der Waals surface area (Å²) in [7, 11) is 0. The summed E-state index contributed by atoms with van der Waals surface area (Å²) in [6, 6.07) is 45.8. The number of nitriles is 1. The van der Waals surface area contributed by atoms with Crippen LogP contribution in [0.4, 0.5) is 0 Å². The van der Waals surface area contributed by atoms with Crippen LogP contribution in [0, 0.1) is 11.3 Å². The van der Waals surface area contributed by atoms with E-state index in [1.807, 2.05) is 66.7 Å². The lowest BCUT2D eigenvalue weighted by Crippen LogP contribution is -2.51. The first kappa shape index (κ1) is 42.8. The van der Waals surface area contributed by atoms with E-state index in [-0.39, 0.29) is 30.6 Å². The molecule has 2 aliphatic rings. The van der Waals surface area contributed by atoms with Crippen LogP contribution in [-0.4, -0.2) is 41.6 Å². The van der Waals surface area contributed by atoms with Crippen LogP contribution in [0.3, 0.4) is 0 Å². The van der Waals surface area contributed by atoms with Crippen LogP contribution in [0.2, 0.25) is 10.0 Å². The molecule has 3 unspecified atom stereocenters. The van der Waals surface area contributed by atoms with E-state index in [1.165, 1.54) is 5.56 Å². The number of hydrogen-bond acceptors (Lipinski definition) is 7. The number of carbonyl (C=O) groups excluding carboxylic acids is 1. The molecule has 2 heterocycles. The van der Waals surface area contributed by atoms with E-state index in [4.69, 9.17) is 52.6 Å². The standard InChI is InChI=1S/C49H43Cl2N3O4.CH2O2/c1-2-44(37-6-4-3-5-7-37)54-29-40-27-47-46(57-31-48(58-47)38-17-19-41(20-18-38)56-30-34-12-21-42(50)43(51)24-34)26-39(40)25-45(54)49(55)53-23-22-32-8-13-35(14-9-32)36-15-10-33(28-52)11-16-36;2-1-3/h3-21,24,26-27,44-45,48H,2,22-23,25,29-31H2,1H3,(H,53,55);1H,(H,2,3). The van der Waals surface area contributed by atoms with E-state index < -0.39 is 0 Å². The third-order valence-electron chi connectivity index (χ3n) is 11.0. The van der Waals surface area contributed by atoms with Gasteiger partial charge in [0.2, 0.25) is 5.91 Å². The number of amides is 1. The quantitative estimate of drug-likeness (QED) is 0.117. The zero-order valence-electron chi connectivity index (χ0n) is 33.6. The average molecular weight is 855 g/mol. The van der Waals surface area contributed by atoms with Crippen molar-refractivity contribution in [3.63, 3.8) is 0 Å². The summed E-state index contributed by atoms with van der Waals surface area (Å²) in [5.41, 5.74) is 9.28. The first-order valence-corrected chi connectivity index (χ1v) is 20.9. The first-order chi connectivity index (χ1) is 29.8. The van der Waals surface area contributed by atoms with E-state index in [0.717, 1.165) is 51.1 Å². The minimum atomic E-state index is -0.357. The van der Waals surface area contributed by atoms with Gasteiger partial charge in [-0.15, -0.1) is 0 Å². The molecule has 8 rings (SSSR count). The van der Waals surface area contributed by atoms with Crippen molar-refractivity contribution in [1.29, 1.82) is 5.26 Å². The second-order valence-corrected chi connectivity index (χ2v) is 15.7. The minimum Gasteiger partial charge on any atom is -0.489 e. The van der Waals surface area contributed by atoms with Gasteiger partial charge in [-0.3, -0.25) is 14.5 Å². The number of hydrogen-bond donors (Lipinski definition) is 2. The second-order valence-electron chi connectivity index (χ2n) is 14.9. The van der Waals surface area contributed by atoms with E-state index in [1.54, 1.807) is 6.07 Å². The Morgan fingerprint density at radius 3 is 2.23 bits per heavy atom. The topological polar surface area (TPSA) is 121 Å². The SMILES string of the molecule is CCC(c1ccccc1)N1Cc2cc3c(cc2CC1C(=O)NCCc1ccc(-c2ccc(C#N)cc2)cc1)OCC(c1ccc(OCc2ccc(Cl)c(Cl)c2)cc1)O3.O=CO. The molecular weight excluding hydrogens is 809 g/mol. The van der Waals surface area contributed by atoms with Crippen LogP contribution in [-0.2, 0) is 35.6 Å². The molecule has 2 N–H and O–H groups in total. The van der Waals surface area contributed by atoms with Crippen LogP contribution in [0.1, 0.15) is 64.4 Å². The highest BCUT2D eigenvalue weighted by atomic mass is 35.5. The Bertz CT molecular complexity index is 2470. The van der Waals surface area contributed by atoms with Crippen LogP contribution in [0.15, 0.2) is 133 Å². The van der Waals surface area contributed by atoms with Crippen molar-refractivity contribution in [3.05, 3.63) is 182 Å². The molecule has 0 radical (unpaired) electrons. The lowest BCUT2D eigenvalue weighted by molar-refractivity contribution is -0.128. The summed E-state index contributed by atoms with van der Waals surface area (Å²) in [4.78, 5) is 24.9. The molecule has 310 valence electrons. The summed E-state index contributed by atoms with van der Waals surface area (Å²) in [6.07, 6.45) is 1.85. The van der Waals surface area contributed by atoms with Crippen molar-refractivity contribution in [3.8, 4) is 34.4 Å². The van der Waals surface area contributed by atoms with Gasteiger partial charge in [0.05, 0.1) is 27.7 Å². The van der Waals surface area contributed by atoms with Gasteiger partial charge in [-0.1, -0.05) is 115 Å². The van der Waals surface area contributed by atoms with Crippen molar-refractivity contribution >= 4 is 35.6 Å². The second kappa shape index (κ2) is 20.3. The van der Waals surface area contributed by atoms with Gasteiger partial charge < -0.3 is 24.6 Å². The van der Waals surface area contributed by atoms with Crippen molar-refractivity contribution < 1.29 is 28.9 Å². The molecule has 6 aromatic rings. The van der Waals surface area contributed by atoms with Gasteiger partial charge in [0, 0.05) is 19.1 Å². The van der Waals surface area contributed by atoms with Crippen LogP contribution in [0.25, 0.3) is 11.1 Å². The Balaban J connectivity index is 0.00000182. The summed E-state index contributed by atoms with van der Waals surface area (Å²) in [6.45, 7) is 3.80. The highest BCUT2D eigenvalue weighted by molar-refractivity contribution is 6.42. The molecule has 0 aromatic heterocycles. The first-order valence-electron chi connectivity index (χ1n) is 20.1. The molecule has 6 aromatic carbocycles. The summed E-state index contributed by atoms with van der Waals surface area (Å²) < 4.78 is 18.9. The third kappa shape index (κ3) is 10.5. The minimum absolute atomic E-state index is 0.0218. The largest absolute Gasteiger partial charge is 0.489 e. The number of carboxylic acid groups (broad SMARTS) is 1. The number of nitrogens with zero attached hydrogens (tertiary/aromatic N) is 2. The highest BCUT2D eigenvalue weighted by Crippen LogP contribution is 2.42. The monoisotopic (exact) mass is 853 g/mol. The highest BCUT2D eigenvalue weighted by Gasteiger charge is 2.37. The van der Waals surface area contributed by atoms with Gasteiger partial charge in [0.25, 0.3) is 6.47 Å². The maximum Gasteiger partial charge on any atom is 0.290 e. The zero-order chi connectivity index (χ0) is 42.7. The molecule has 1 amide bonds. The maximum atomic E-state index is 14.2. The summed E-state index contributed by atoms with van der Waals surface area (Å²) >= 11 is 12.2. The predicted molar refractivity (Wildman–Crippen MR) is 237 cm³/mol. The Morgan fingerprint density at radius 2 is 1.56 bits per heavy atom. The Morgan fingerprint density at radius 1 is 0.885 bits per heavy atom. The number of nitrogens with one attached hydrogen (secondary N) is 1. The van der Waals surface area contributed by atoms with E-state index in [9.17, 15) is 4.79 Å². The molecular formula is C50H45Cl2N3O6. The number of fused-ring (bicyclic) bond motifs is 2. The summed E-state index contributed by atoms with van der Waals surface area (Å²) in [5, 5.41) is 20.3. The van der Waals surface area contributed by atoms with Gasteiger partial charge in [0.15, 0.2) is 17.6 Å². The van der Waals surface area contributed by atoms with Crippen molar-refractivity contribution in [2.75, 3.05) is 13.2 Å². The third-order valence-corrected chi connectivity index (χ3v) is 11.8. The maximum absolute atomic E-state index is 14.2. The zero-order valence-corrected chi connectivity index (χ0v) is 35.1. The predicted octanol–water partition coefficient (Wildman–Crippen LogP) is 10.6.